The van der Waals surface area contributed by atoms with Gasteiger partial charge in [-0.25, -0.2) is 0 Å². The maximum absolute atomic E-state index is 12.0. The summed E-state index contributed by atoms with van der Waals surface area (Å²) in [4.78, 5) is 0. The Morgan fingerprint density at radius 1 is 1.20 bits per heavy atom. The van der Waals surface area contributed by atoms with Gasteiger partial charge in [-0.1, -0.05) is 0 Å². The molecule has 0 bridgehead atoms. The van der Waals surface area contributed by atoms with Gasteiger partial charge in [0, 0.05) is 11.6 Å². The first-order valence-corrected chi connectivity index (χ1v) is 5.99. The Balaban J connectivity index is 2.56. The molecule has 20 heavy (non-hydrogen) atoms. The van der Waals surface area contributed by atoms with Crippen molar-refractivity contribution in [3.8, 4) is 11.5 Å². The van der Waals surface area contributed by atoms with Crippen LogP contribution < -0.4 is 15.2 Å². The van der Waals surface area contributed by atoms with E-state index in [0.29, 0.717) is 17.1 Å². The fourth-order valence-electron chi connectivity index (χ4n) is 1.61. The minimum atomic E-state index is -4.22. The van der Waals surface area contributed by atoms with E-state index < -0.39 is 25.2 Å². The van der Waals surface area contributed by atoms with Crippen molar-refractivity contribution in [2.24, 2.45) is 5.73 Å². The van der Waals surface area contributed by atoms with Gasteiger partial charge in [-0.3, -0.25) is 0 Å². The topological polar surface area (TPSA) is 53.7 Å². The number of methoxy groups -OCH3 is 2. The van der Waals surface area contributed by atoms with Crippen LogP contribution in [-0.4, -0.2) is 33.6 Å². The van der Waals surface area contributed by atoms with Gasteiger partial charge in [0.25, 0.3) is 0 Å². The van der Waals surface area contributed by atoms with Crippen LogP contribution in [0, 0.1) is 0 Å². The average Bonchev–Trinajstić information content (AvgIpc) is 2.41. The van der Waals surface area contributed by atoms with E-state index in [2.05, 4.69) is 0 Å². The third-order valence-corrected chi connectivity index (χ3v) is 2.67. The summed E-state index contributed by atoms with van der Waals surface area (Å²) < 4.78 is 51.1. The van der Waals surface area contributed by atoms with Gasteiger partial charge in [-0.15, -0.1) is 0 Å². The summed E-state index contributed by atoms with van der Waals surface area (Å²) in [6.07, 6.45) is -5.21. The molecule has 0 aliphatic carbocycles. The number of halogens is 3. The zero-order valence-corrected chi connectivity index (χ0v) is 11.4. The first kappa shape index (κ1) is 16.6. The number of hydrogen-bond donors (Lipinski definition) is 1. The molecule has 7 heteroatoms. The molecule has 0 amide bonds. The quantitative estimate of drug-likeness (QED) is 0.785. The Morgan fingerprint density at radius 3 is 2.45 bits per heavy atom. The van der Waals surface area contributed by atoms with E-state index in [0.717, 1.165) is 0 Å². The van der Waals surface area contributed by atoms with Crippen LogP contribution in [0.2, 0.25) is 0 Å². The van der Waals surface area contributed by atoms with Gasteiger partial charge < -0.3 is 19.9 Å². The van der Waals surface area contributed by atoms with E-state index >= 15 is 0 Å². The molecule has 0 spiro atoms. The highest BCUT2D eigenvalue weighted by atomic mass is 19.4. The normalized spacial score (nSPS) is 13.1. The lowest BCUT2D eigenvalue weighted by Gasteiger charge is -2.17. The number of nitrogens with two attached hydrogens (primary N) is 1. The number of ether oxygens (including phenoxy) is 3. The van der Waals surface area contributed by atoms with Gasteiger partial charge in [-0.2, -0.15) is 13.2 Å². The highest BCUT2D eigenvalue weighted by Crippen LogP contribution is 2.28. The molecule has 1 unspecified atom stereocenters. The molecular weight excluding hydrogens is 275 g/mol. The van der Waals surface area contributed by atoms with Crippen LogP contribution in [0.3, 0.4) is 0 Å². The Morgan fingerprint density at radius 2 is 1.90 bits per heavy atom. The second-order valence-corrected chi connectivity index (χ2v) is 4.15. The second kappa shape index (κ2) is 7.35. The lowest BCUT2D eigenvalue weighted by molar-refractivity contribution is -0.145. The van der Waals surface area contributed by atoms with Gasteiger partial charge in [0.05, 0.1) is 39.9 Å². The maximum Gasteiger partial charge on any atom is 0.391 e. The Bertz CT molecular complexity index is 424. The molecule has 0 heterocycles. The number of hydrogen-bond acceptors (Lipinski definition) is 4. The molecule has 0 fully saturated rings. The van der Waals surface area contributed by atoms with Crippen molar-refractivity contribution in [2.45, 2.75) is 18.6 Å². The summed E-state index contributed by atoms with van der Waals surface area (Å²) in [5.41, 5.74) is 6.54. The summed E-state index contributed by atoms with van der Waals surface area (Å²) >= 11 is 0. The summed E-state index contributed by atoms with van der Waals surface area (Å²) in [6.45, 7) is -0.422. The van der Waals surface area contributed by atoms with Crippen molar-refractivity contribution in [3.63, 3.8) is 0 Å². The lowest BCUT2D eigenvalue weighted by atomic mass is 10.1. The van der Waals surface area contributed by atoms with Crippen molar-refractivity contribution in [3.05, 3.63) is 23.8 Å². The van der Waals surface area contributed by atoms with Crippen LogP contribution in [0.1, 0.15) is 18.0 Å². The third kappa shape index (κ3) is 5.26. The van der Waals surface area contributed by atoms with E-state index in [4.69, 9.17) is 19.9 Å². The molecule has 0 aromatic heterocycles. The van der Waals surface area contributed by atoms with E-state index in [-0.39, 0.29) is 6.61 Å². The largest absolute Gasteiger partial charge is 0.497 e. The van der Waals surface area contributed by atoms with Crippen LogP contribution >= 0.6 is 0 Å². The predicted octanol–water partition coefficient (Wildman–Crippen LogP) is 2.67. The molecule has 2 N–H and O–H groups in total. The van der Waals surface area contributed by atoms with Crippen LogP contribution in [0.25, 0.3) is 0 Å². The highest BCUT2D eigenvalue weighted by molar-refractivity contribution is 5.42. The van der Waals surface area contributed by atoms with Gasteiger partial charge in [-0.05, 0) is 12.1 Å². The smallest absolute Gasteiger partial charge is 0.391 e. The van der Waals surface area contributed by atoms with Crippen molar-refractivity contribution < 1.29 is 27.4 Å². The summed E-state index contributed by atoms with van der Waals surface area (Å²) in [5, 5.41) is 0. The molecule has 1 atom stereocenters. The molecule has 1 rings (SSSR count). The zero-order valence-electron chi connectivity index (χ0n) is 11.4. The van der Waals surface area contributed by atoms with Crippen LogP contribution in [0.15, 0.2) is 18.2 Å². The van der Waals surface area contributed by atoms with Crippen molar-refractivity contribution in [1.82, 2.24) is 0 Å². The molecule has 1 aromatic carbocycles. The summed E-state index contributed by atoms with van der Waals surface area (Å²) in [6, 6.07) is 4.50. The lowest BCUT2D eigenvalue weighted by Crippen LogP contribution is -2.20. The molecule has 0 saturated heterocycles. The standard InChI is InChI=1S/C13H18F3NO3/c1-18-9-3-4-10(12(7-9)19-2)11(17)8-20-6-5-13(14,15)16/h3-4,7,11H,5-6,8,17H2,1-2H3. The van der Waals surface area contributed by atoms with Gasteiger partial charge in [0.15, 0.2) is 0 Å². The van der Waals surface area contributed by atoms with Gasteiger partial charge in [0.1, 0.15) is 11.5 Å². The number of rotatable bonds is 7. The molecule has 114 valence electrons. The molecule has 0 radical (unpaired) electrons. The fourth-order valence-corrected chi connectivity index (χ4v) is 1.61. The van der Waals surface area contributed by atoms with Crippen molar-refractivity contribution in [2.75, 3.05) is 27.4 Å². The third-order valence-electron chi connectivity index (χ3n) is 2.67. The van der Waals surface area contributed by atoms with Crippen molar-refractivity contribution in [1.29, 1.82) is 0 Å². The molecule has 0 aliphatic heterocycles. The second-order valence-electron chi connectivity index (χ2n) is 4.15. The van der Waals surface area contributed by atoms with Crippen LogP contribution in [0.4, 0.5) is 13.2 Å². The Labute approximate surface area is 115 Å². The van der Waals surface area contributed by atoms with E-state index in [9.17, 15) is 13.2 Å². The number of benzene rings is 1. The highest BCUT2D eigenvalue weighted by Gasteiger charge is 2.26. The molecule has 0 aliphatic rings. The monoisotopic (exact) mass is 293 g/mol. The van der Waals surface area contributed by atoms with E-state index in [1.165, 1.54) is 14.2 Å². The molecule has 0 saturated carbocycles. The fraction of sp³-hybridized carbons (Fsp3) is 0.538. The van der Waals surface area contributed by atoms with Crippen LogP contribution in [0.5, 0.6) is 11.5 Å². The maximum atomic E-state index is 12.0. The average molecular weight is 293 g/mol. The van der Waals surface area contributed by atoms with Gasteiger partial charge in [0.2, 0.25) is 0 Å². The Hall–Kier alpha value is -1.47. The molecule has 4 nitrogen and oxygen atoms in total. The van der Waals surface area contributed by atoms with Crippen LogP contribution in [-0.2, 0) is 4.74 Å². The van der Waals surface area contributed by atoms with Gasteiger partial charge >= 0.3 is 6.18 Å². The SMILES string of the molecule is COc1ccc(C(N)COCCC(F)(F)F)c(OC)c1. The van der Waals surface area contributed by atoms with Crippen molar-refractivity contribution >= 4 is 0 Å². The van der Waals surface area contributed by atoms with E-state index in [1.807, 2.05) is 0 Å². The predicted molar refractivity (Wildman–Crippen MR) is 68.0 cm³/mol. The molecular formula is C13H18F3NO3. The first-order valence-electron chi connectivity index (χ1n) is 5.99. The summed E-state index contributed by atoms with van der Waals surface area (Å²) in [7, 11) is 3.00. The summed E-state index contributed by atoms with van der Waals surface area (Å²) in [5.74, 6) is 1.12. The Kier molecular flexibility index (Phi) is 6.09. The minimum Gasteiger partial charge on any atom is -0.497 e. The zero-order chi connectivity index (χ0) is 15.2. The first-order chi connectivity index (χ1) is 9.37. The molecule has 1 aromatic rings. The minimum absolute atomic E-state index is 0.0151. The number of alkyl halides is 3. The van der Waals surface area contributed by atoms with E-state index in [1.54, 1.807) is 18.2 Å².